The number of aromatic nitrogens is 2. The van der Waals surface area contributed by atoms with Crippen LogP contribution in [0, 0.1) is 17.2 Å². The Labute approximate surface area is 324 Å². The van der Waals surface area contributed by atoms with Crippen LogP contribution in [0.2, 0.25) is 5.02 Å². The molecular weight excluding hydrogens is 718 g/mol. The van der Waals surface area contributed by atoms with Crippen LogP contribution in [0.5, 0.6) is 5.75 Å². The number of ether oxygens (including phenoxy) is 1. The molecule has 4 aliphatic rings. The molecule has 2 saturated heterocycles. The summed E-state index contributed by atoms with van der Waals surface area (Å²) in [6.07, 6.45) is 3.99. The Morgan fingerprint density at radius 3 is 2.25 bits per heavy atom. The third kappa shape index (κ3) is 7.17. The average molecular weight is 758 g/mol. The van der Waals surface area contributed by atoms with Gasteiger partial charge in [0.15, 0.2) is 0 Å². The zero-order chi connectivity index (χ0) is 38.4. The van der Waals surface area contributed by atoms with Crippen molar-refractivity contribution < 1.29 is 23.9 Å². The maximum absolute atomic E-state index is 13.3. The van der Waals surface area contributed by atoms with E-state index in [1.807, 2.05) is 54.6 Å². The number of fused-ring (bicyclic) bond motifs is 2. The van der Waals surface area contributed by atoms with Gasteiger partial charge in [-0.2, -0.15) is 5.26 Å². The molecule has 2 fully saturated rings. The predicted octanol–water partition coefficient (Wildman–Crippen LogP) is 5.54. The summed E-state index contributed by atoms with van der Waals surface area (Å²) < 4.78 is 6.11. The highest BCUT2D eigenvalue weighted by Crippen LogP contribution is 2.36. The quantitative estimate of drug-likeness (QED) is 0.216. The highest BCUT2D eigenvalue weighted by atomic mass is 35.5. The van der Waals surface area contributed by atoms with E-state index in [4.69, 9.17) is 21.3 Å². The molecule has 12 nitrogen and oxygen atoms in total. The molecular formula is C42H40ClN7O5. The van der Waals surface area contributed by atoms with Crippen molar-refractivity contribution in [1.82, 2.24) is 25.1 Å². The number of anilines is 1. The van der Waals surface area contributed by atoms with Gasteiger partial charge in [0.2, 0.25) is 17.8 Å². The highest BCUT2D eigenvalue weighted by molar-refractivity contribution is 6.30. The number of benzene rings is 3. The van der Waals surface area contributed by atoms with Crippen molar-refractivity contribution in [2.45, 2.75) is 70.7 Å². The van der Waals surface area contributed by atoms with Crippen LogP contribution < -0.4 is 15.0 Å². The first-order valence-electron chi connectivity index (χ1n) is 18.6. The Bertz CT molecular complexity index is 2220. The number of nitrogens with one attached hydrogen (secondary N) is 1. The van der Waals surface area contributed by atoms with Crippen molar-refractivity contribution in [1.29, 1.82) is 5.26 Å². The molecule has 1 unspecified atom stereocenters. The molecule has 8 rings (SSSR count). The van der Waals surface area contributed by atoms with Crippen LogP contribution in [0.4, 0.5) is 5.95 Å². The second-order valence-corrected chi connectivity index (χ2v) is 15.8. The van der Waals surface area contributed by atoms with Gasteiger partial charge < -0.3 is 9.64 Å². The Balaban J connectivity index is 0.828. The molecule has 1 atom stereocenters. The molecule has 55 heavy (non-hydrogen) atoms. The van der Waals surface area contributed by atoms with E-state index in [-0.39, 0.29) is 24.2 Å². The van der Waals surface area contributed by atoms with E-state index in [2.05, 4.69) is 40.0 Å². The average Bonchev–Trinajstić information content (AvgIpc) is 3.68. The van der Waals surface area contributed by atoms with E-state index in [0.717, 1.165) is 71.1 Å². The molecule has 0 spiro atoms. The zero-order valence-electron chi connectivity index (χ0n) is 30.7. The van der Waals surface area contributed by atoms with Gasteiger partial charge >= 0.3 is 0 Å². The number of amides is 4. The van der Waals surface area contributed by atoms with E-state index in [1.54, 1.807) is 12.3 Å². The van der Waals surface area contributed by atoms with Gasteiger partial charge in [0.25, 0.3) is 11.8 Å². The lowest BCUT2D eigenvalue weighted by atomic mass is 9.78. The first-order valence-corrected chi connectivity index (χ1v) is 19.0. The molecule has 0 aliphatic carbocycles. The van der Waals surface area contributed by atoms with Crippen molar-refractivity contribution in [3.63, 3.8) is 0 Å². The molecule has 3 aromatic carbocycles. The topological polar surface area (TPSA) is 149 Å². The number of nitriles is 1. The third-order valence-electron chi connectivity index (χ3n) is 11.4. The van der Waals surface area contributed by atoms with Gasteiger partial charge in [0, 0.05) is 55.8 Å². The maximum Gasteiger partial charge on any atom is 0.262 e. The fourth-order valence-corrected chi connectivity index (χ4v) is 8.41. The monoisotopic (exact) mass is 757 g/mol. The molecule has 0 bridgehead atoms. The van der Waals surface area contributed by atoms with E-state index >= 15 is 0 Å². The number of rotatable bonds is 9. The fraction of sp³-hybridized carbons (Fsp3) is 0.357. The SMILES string of the molecule is CC(C)(c1ccc(OCc2ccnc(N3CCC(CN4Cc5cc6c(cc5C4)C(=O)N(C4CCC(=O)NC4=O)C6=O)CC3)n2)cc1)c1cc(Cl)cc(C#N)c1. The Morgan fingerprint density at radius 1 is 0.909 bits per heavy atom. The van der Waals surface area contributed by atoms with E-state index < -0.39 is 23.8 Å². The minimum absolute atomic E-state index is 0.0960. The number of piperidine rings is 2. The summed E-state index contributed by atoms with van der Waals surface area (Å²) in [6, 6.07) is 20.1. The van der Waals surface area contributed by atoms with Gasteiger partial charge in [-0.1, -0.05) is 37.6 Å². The second kappa shape index (κ2) is 14.5. The van der Waals surface area contributed by atoms with Crippen LogP contribution >= 0.6 is 11.6 Å². The third-order valence-corrected chi connectivity index (χ3v) is 11.6. The van der Waals surface area contributed by atoms with Crippen LogP contribution in [-0.2, 0) is 34.7 Å². The molecule has 4 aliphatic heterocycles. The van der Waals surface area contributed by atoms with Crippen LogP contribution in [0.25, 0.3) is 0 Å². The van der Waals surface area contributed by atoms with Gasteiger partial charge in [-0.15, -0.1) is 0 Å². The number of hydrogen-bond donors (Lipinski definition) is 1. The Hall–Kier alpha value is -5.64. The molecule has 13 heteroatoms. The fourth-order valence-electron chi connectivity index (χ4n) is 8.17. The van der Waals surface area contributed by atoms with Crippen molar-refractivity contribution in [2.24, 2.45) is 5.92 Å². The lowest BCUT2D eigenvalue weighted by molar-refractivity contribution is -0.136. The van der Waals surface area contributed by atoms with Crippen molar-refractivity contribution in [2.75, 3.05) is 24.5 Å². The standard InChI is InChI=1S/C42H40ClN7O5/c1-42(2,30-15-26(20-44)16-31(43)19-30)29-3-5-33(6-4-29)55-24-32-9-12-45-41(46-32)49-13-10-25(11-14-49)21-48-22-27-17-34-35(18-28(27)23-48)40(54)50(39(34)53)36-7-8-37(51)47-38(36)52/h3-6,9,12,15-19,25,36H,7-8,10-11,13-14,21-24H2,1-2H3,(H,47,51,52). The van der Waals surface area contributed by atoms with Crippen molar-refractivity contribution >= 4 is 41.2 Å². The van der Waals surface area contributed by atoms with Crippen LogP contribution in [0.1, 0.15) is 93.8 Å². The minimum Gasteiger partial charge on any atom is -0.487 e. The second-order valence-electron chi connectivity index (χ2n) is 15.3. The highest BCUT2D eigenvalue weighted by Gasteiger charge is 2.45. The number of imide groups is 2. The van der Waals surface area contributed by atoms with Crippen LogP contribution in [0.15, 0.2) is 66.9 Å². The van der Waals surface area contributed by atoms with Crippen molar-refractivity contribution in [3.05, 3.63) is 117 Å². The number of halogens is 1. The summed E-state index contributed by atoms with van der Waals surface area (Å²) in [6.45, 7) is 8.48. The summed E-state index contributed by atoms with van der Waals surface area (Å²) in [5, 5.41) is 12.2. The molecule has 0 radical (unpaired) electrons. The molecule has 0 saturated carbocycles. The molecule has 4 aromatic rings. The number of carbonyl (C=O) groups is 4. The van der Waals surface area contributed by atoms with E-state index in [9.17, 15) is 24.4 Å². The molecule has 5 heterocycles. The molecule has 1 aromatic heterocycles. The summed E-state index contributed by atoms with van der Waals surface area (Å²) in [5.74, 6) is -0.0288. The lowest BCUT2D eigenvalue weighted by Crippen LogP contribution is -2.54. The Morgan fingerprint density at radius 2 is 1.60 bits per heavy atom. The summed E-state index contributed by atoms with van der Waals surface area (Å²) in [7, 11) is 0. The summed E-state index contributed by atoms with van der Waals surface area (Å²) >= 11 is 6.29. The summed E-state index contributed by atoms with van der Waals surface area (Å²) in [5.41, 5.74) is 5.73. The minimum atomic E-state index is -0.964. The largest absolute Gasteiger partial charge is 0.487 e. The van der Waals surface area contributed by atoms with Gasteiger partial charge in [-0.05, 0) is 96.0 Å². The van der Waals surface area contributed by atoms with Gasteiger partial charge in [0.1, 0.15) is 18.4 Å². The van der Waals surface area contributed by atoms with E-state index in [0.29, 0.717) is 53.3 Å². The molecule has 1 N–H and O–H groups in total. The van der Waals surface area contributed by atoms with Crippen LogP contribution in [-0.4, -0.2) is 69.1 Å². The zero-order valence-corrected chi connectivity index (χ0v) is 31.4. The smallest absolute Gasteiger partial charge is 0.262 e. The van der Waals surface area contributed by atoms with E-state index in [1.165, 1.54) is 0 Å². The van der Waals surface area contributed by atoms with Crippen LogP contribution in [0.3, 0.4) is 0 Å². The lowest BCUT2D eigenvalue weighted by Gasteiger charge is -2.34. The normalized spacial score (nSPS) is 19.0. The van der Waals surface area contributed by atoms with Gasteiger partial charge in [0.05, 0.1) is 28.5 Å². The maximum atomic E-state index is 13.3. The predicted molar refractivity (Wildman–Crippen MR) is 203 cm³/mol. The number of carbonyl (C=O) groups excluding carboxylic acids is 4. The Kier molecular flexibility index (Phi) is 9.61. The first kappa shape index (κ1) is 36.3. The number of hydrogen-bond acceptors (Lipinski definition) is 10. The number of nitrogens with zero attached hydrogens (tertiary/aromatic N) is 6. The van der Waals surface area contributed by atoms with Gasteiger partial charge in [-0.3, -0.25) is 34.3 Å². The molecule has 280 valence electrons. The van der Waals surface area contributed by atoms with Crippen molar-refractivity contribution in [3.8, 4) is 11.8 Å². The van der Waals surface area contributed by atoms with Gasteiger partial charge in [-0.25, -0.2) is 9.97 Å². The molecule has 4 amide bonds. The summed E-state index contributed by atoms with van der Waals surface area (Å²) in [4.78, 5) is 65.7. The first-order chi connectivity index (χ1) is 26.5.